The van der Waals surface area contributed by atoms with Crippen LogP contribution in [0.15, 0.2) is 23.1 Å². The molecule has 0 saturated carbocycles. The first kappa shape index (κ1) is 21.7. The maximum atomic E-state index is 12.7. The lowest BCUT2D eigenvalue weighted by atomic mass is 9.99. The fourth-order valence-electron chi connectivity index (χ4n) is 3.27. The summed E-state index contributed by atoms with van der Waals surface area (Å²) in [5.41, 5.74) is 0.376. The second kappa shape index (κ2) is 9.52. The molecule has 1 aliphatic rings. The number of anilines is 1. The van der Waals surface area contributed by atoms with E-state index in [9.17, 15) is 13.2 Å². The fourth-order valence-corrected chi connectivity index (χ4v) is 4.76. The molecule has 0 bridgehead atoms. The maximum absolute atomic E-state index is 12.7. The number of nitrogens with zero attached hydrogens (tertiary/aromatic N) is 2. The number of carbonyl (C=O) groups is 1. The minimum absolute atomic E-state index is 0.147. The Morgan fingerprint density at radius 2 is 1.89 bits per heavy atom. The van der Waals surface area contributed by atoms with Crippen molar-refractivity contribution in [1.82, 2.24) is 9.21 Å². The number of carbonyl (C=O) groups excluding carboxylic acids is 1. The number of rotatable bonds is 8. The predicted molar refractivity (Wildman–Crippen MR) is 107 cm³/mol. The molecule has 152 valence electrons. The van der Waals surface area contributed by atoms with Gasteiger partial charge in [-0.1, -0.05) is 20.8 Å². The lowest BCUT2D eigenvalue weighted by Gasteiger charge is -2.29. The van der Waals surface area contributed by atoms with Gasteiger partial charge >= 0.3 is 0 Å². The molecule has 1 N–H and O–H groups in total. The third kappa shape index (κ3) is 5.43. The molecule has 1 saturated heterocycles. The molecule has 27 heavy (non-hydrogen) atoms. The molecule has 0 spiro atoms. The highest BCUT2D eigenvalue weighted by Gasteiger charge is 2.24. The van der Waals surface area contributed by atoms with Crippen molar-refractivity contribution < 1.29 is 17.9 Å². The van der Waals surface area contributed by atoms with Crippen LogP contribution in [-0.4, -0.2) is 63.4 Å². The van der Waals surface area contributed by atoms with E-state index < -0.39 is 10.0 Å². The molecule has 8 heteroatoms. The monoisotopic (exact) mass is 397 g/mol. The average molecular weight is 398 g/mol. The first-order chi connectivity index (χ1) is 12.8. The van der Waals surface area contributed by atoms with Gasteiger partial charge in [-0.05, 0) is 50.0 Å². The Bertz CT molecular complexity index is 739. The fraction of sp³-hybridized carbons (Fsp3) is 0.632. The number of sulfonamides is 1. The summed E-state index contributed by atoms with van der Waals surface area (Å²) in [5, 5.41) is 2.82. The van der Waals surface area contributed by atoms with Crippen LogP contribution in [0.1, 0.15) is 33.6 Å². The second-order valence-corrected chi connectivity index (χ2v) is 8.90. The molecule has 1 aliphatic heterocycles. The number of benzene rings is 1. The van der Waals surface area contributed by atoms with Gasteiger partial charge in [-0.3, -0.25) is 9.69 Å². The molecule has 0 radical (unpaired) electrons. The zero-order valence-electron chi connectivity index (χ0n) is 16.7. The van der Waals surface area contributed by atoms with E-state index in [4.69, 9.17) is 4.74 Å². The Balaban J connectivity index is 2.16. The number of hydrogen-bond donors (Lipinski definition) is 1. The van der Waals surface area contributed by atoms with Crippen molar-refractivity contribution >= 4 is 21.6 Å². The van der Waals surface area contributed by atoms with E-state index in [1.165, 1.54) is 23.5 Å². The third-order valence-corrected chi connectivity index (χ3v) is 7.08. The van der Waals surface area contributed by atoms with Crippen LogP contribution in [0.4, 0.5) is 5.69 Å². The van der Waals surface area contributed by atoms with Crippen LogP contribution in [-0.2, 0) is 14.8 Å². The quantitative estimate of drug-likeness (QED) is 0.729. The molecule has 1 heterocycles. The number of methoxy groups -OCH3 is 1. The topological polar surface area (TPSA) is 79.0 Å². The van der Waals surface area contributed by atoms with Gasteiger partial charge in [0.25, 0.3) is 0 Å². The van der Waals surface area contributed by atoms with E-state index in [1.807, 2.05) is 0 Å². The Morgan fingerprint density at radius 3 is 2.44 bits per heavy atom. The van der Waals surface area contributed by atoms with Crippen molar-refractivity contribution in [3.63, 3.8) is 0 Å². The first-order valence-corrected chi connectivity index (χ1v) is 11.0. The summed E-state index contributed by atoms with van der Waals surface area (Å²) < 4.78 is 32.2. The SMILES string of the molecule is CCN(CC)S(=O)(=O)c1ccc(OC)c(NC(=O)CN2CCC(C)CC2)c1. The first-order valence-electron chi connectivity index (χ1n) is 9.52. The summed E-state index contributed by atoms with van der Waals surface area (Å²) in [6, 6.07) is 4.56. The van der Waals surface area contributed by atoms with E-state index in [2.05, 4.69) is 17.1 Å². The average Bonchev–Trinajstić information content (AvgIpc) is 2.64. The number of hydrogen-bond acceptors (Lipinski definition) is 5. The molecule has 1 fully saturated rings. The second-order valence-electron chi connectivity index (χ2n) is 6.96. The highest BCUT2D eigenvalue weighted by molar-refractivity contribution is 7.89. The number of nitrogens with one attached hydrogen (secondary N) is 1. The Kier molecular flexibility index (Phi) is 7.64. The predicted octanol–water partition coefficient (Wildman–Crippen LogP) is 2.40. The summed E-state index contributed by atoms with van der Waals surface area (Å²) in [7, 11) is -2.11. The van der Waals surface area contributed by atoms with Crippen LogP contribution in [0.3, 0.4) is 0 Å². The zero-order chi connectivity index (χ0) is 20.0. The van der Waals surface area contributed by atoms with Gasteiger partial charge in [0.1, 0.15) is 5.75 Å². The normalized spacial score (nSPS) is 16.5. The van der Waals surface area contributed by atoms with E-state index >= 15 is 0 Å². The van der Waals surface area contributed by atoms with Crippen LogP contribution in [0.5, 0.6) is 5.75 Å². The summed E-state index contributed by atoms with van der Waals surface area (Å²) in [6.07, 6.45) is 2.18. The van der Waals surface area contributed by atoms with Gasteiger partial charge in [0.2, 0.25) is 15.9 Å². The summed E-state index contributed by atoms with van der Waals surface area (Å²) in [5.74, 6) is 0.973. The van der Waals surface area contributed by atoms with Crippen molar-refractivity contribution in [3.8, 4) is 5.75 Å². The van der Waals surface area contributed by atoms with Crippen molar-refractivity contribution in [2.75, 3.05) is 45.2 Å². The van der Waals surface area contributed by atoms with Crippen molar-refractivity contribution in [1.29, 1.82) is 0 Å². The molecule has 0 atom stereocenters. The lowest BCUT2D eigenvalue weighted by molar-refractivity contribution is -0.117. The van der Waals surface area contributed by atoms with Crippen LogP contribution < -0.4 is 10.1 Å². The Hall–Kier alpha value is -1.64. The van der Waals surface area contributed by atoms with Crippen LogP contribution in [0, 0.1) is 5.92 Å². The van der Waals surface area contributed by atoms with Crippen LogP contribution in [0.25, 0.3) is 0 Å². The van der Waals surface area contributed by atoms with Crippen molar-refractivity contribution in [3.05, 3.63) is 18.2 Å². The molecule has 1 aromatic carbocycles. The molecule has 1 aromatic rings. The van der Waals surface area contributed by atoms with Gasteiger partial charge in [0, 0.05) is 13.1 Å². The largest absolute Gasteiger partial charge is 0.495 e. The molecular formula is C19H31N3O4S. The van der Waals surface area contributed by atoms with Gasteiger partial charge in [-0.25, -0.2) is 8.42 Å². The standard InChI is InChI=1S/C19H31N3O4S/c1-5-22(6-2)27(24,25)16-7-8-18(26-4)17(13-16)20-19(23)14-21-11-9-15(3)10-12-21/h7-8,13,15H,5-6,9-12,14H2,1-4H3,(H,20,23). The minimum atomic E-state index is -3.60. The summed E-state index contributed by atoms with van der Waals surface area (Å²) in [4.78, 5) is 14.7. The van der Waals surface area contributed by atoms with Crippen LogP contribution in [0.2, 0.25) is 0 Å². The zero-order valence-corrected chi connectivity index (χ0v) is 17.5. The lowest BCUT2D eigenvalue weighted by Crippen LogP contribution is -2.38. The van der Waals surface area contributed by atoms with E-state index in [1.54, 1.807) is 19.9 Å². The van der Waals surface area contributed by atoms with Crippen molar-refractivity contribution in [2.45, 2.75) is 38.5 Å². The molecule has 0 unspecified atom stereocenters. The highest BCUT2D eigenvalue weighted by atomic mass is 32.2. The highest BCUT2D eigenvalue weighted by Crippen LogP contribution is 2.29. The van der Waals surface area contributed by atoms with Gasteiger partial charge in [0.05, 0.1) is 24.2 Å². The number of piperidine rings is 1. The van der Waals surface area contributed by atoms with Gasteiger partial charge < -0.3 is 10.1 Å². The number of likely N-dealkylation sites (tertiary alicyclic amines) is 1. The van der Waals surface area contributed by atoms with E-state index in [0.29, 0.717) is 37.0 Å². The summed E-state index contributed by atoms with van der Waals surface area (Å²) in [6.45, 7) is 8.70. The van der Waals surface area contributed by atoms with Crippen molar-refractivity contribution in [2.24, 2.45) is 5.92 Å². The van der Waals surface area contributed by atoms with Gasteiger partial charge in [0.15, 0.2) is 0 Å². The number of amides is 1. The maximum Gasteiger partial charge on any atom is 0.243 e. The molecule has 0 aliphatic carbocycles. The summed E-state index contributed by atoms with van der Waals surface area (Å²) >= 11 is 0. The van der Waals surface area contributed by atoms with Gasteiger partial charge in [-0.15, -0.1) is 0 Å². The molecular weight excluding hydrogens is 366 g/mol. The Morgan fingerprint density at radius 1 is 1.26 bits per heavy atom. The third-order valence-electron chi connectivity index (χ3n) is 5.03. The molecule has 7 nitrogen and oxygen atoms in total. The molecule has 1 amide bonds. The van der Waals surface area contributed by atoms with E-state index in [0.717, 1.165) is 25.9 Å². The molecule has 2 rings (SSSR count). The Labute approximate surface area is 162 Å². The van der Waals surface area contributed by atoms with Crippen LogP contribution >= 0.6 is 0 Å². The number of ether oxygens (including phenoxy) is 1. The smallest absolute Gasteiger partial charge is 0.243 e. The molecule has 0 aromatic heterocycles. The van der Waals surface area contributed by atoms with Gasteiger partial charge in [-0.2, -0.15) is 4.31 Å². The van der Waals surface area contributed by atoms with E-state index in [-0.39, 0.29) is 10.8 Å². The minimum Gasteiger partial charge on any atom is -0.495 e.